The molecule has 2 nitrogen and oxygen atoms in total. The van der Waals surface area contributed by atoms with Gasteiger partial charge in [-0.1, -0.05) is 13.8 Å². The van der Waals surface area contributed by atoms with Crippen molar-refractivity contribution in [3.8, 4) is 0 Å². The maximum absolute atomic E-state index is 13.3. The van der Waals surface area contributed by atoms with E-state index in [4.69, 9.17) is 0 Å². The lowest BCUT2D eigenvalue weighted by molar-refractivity contribution is 0.571. The minimum absolute atomic E-state index is 0.269. The van der Waals surface area contributed by atoms with Gasteiger partial charge in [0, 0.05) is 19.8 Å². The van der Waals surface area contributed by atoms with Crippen LogP contribution in [0.3, 0.4) is 0 Å². The first-order valence-electron chi connectivity index (χ1n) is 4.36. The average Bonchev–Trinajstić information content (AvgIpc) is 2.03. The van der Waals surface area contributed by atoms with Crippen LogP contribution in [0.15, 0.2) is 12.1 Å². The van der Waals surface area contributed by atoms with Crippen LogP contribution in [0, 0.1) is 5.95 Å². The van der Waals surface area contributed by atoms with E-state index in [1.807, 2.05) is 19.9 Å². The molecule has 0 aliphatic rings. The standard InChI is InChI=1S/C10H15FN2/c1-7(2)8-5-6-9(13(3)4)10(11)12-8/h5-7H,1-4H3. The summed E-state index contributed by atoms with van der Waals surface area (Å²) in [4.78, 5) is 5.60. The highest BCUT2D eigenvalue weighted by Gasteiger charge is 2.08. The Balaban J connectivity index is 3.06. The molecule has 0 aliphatic carbocycles. The van der Waals surface area contributed by atoms with E-state index < -0.39 is 5.95 Å². The Labute approximate surface area is 78.4 Å². The molecule has 0 saturated heterocycles. The van der Waals surface area contributed by atoms with Gasteiger partial charge in [-0.2, -0.15) is 4.39 Å². The summed E-state index contributed by atoms with van der Waals surface area (Å²) < 4.78 is 13.3. The Bertz CT molecular complexity index is 295. The van der Waals surface area contributed by atoms with Gasteiger partial charge in [-0.3, -0.25) is 0 Å². The van der Waals surface area contributed by atoms with Crippen LogP contribution in [0.25, 0.3) is 0 Å². The fraction of sp³-hybridized carbons (Fsp3) is 0.500. The van der Waals surface area contributed by atoms with Crippen molar-refractivity contribution in [2.75, 3.05) is 19.0 Å². The molecule has 0 amide bonds. The Kier molecular flexibility index (Phi) is 2.86. The third-order valence-corrected chi connectivity index (χ3v) is 1.92. The first-order chi connectivity index (χ1) is 6.02. The minimum atomic E-state index is -0.392. The van der Waals surface area contributed by atoms with E-state index in [2.05, 4.69) is 4.98 Å². The molecule has 1 aromatic rings. The van der Waals surface area contributed by atoms with Gasteiger partial charge in [-0.15, -0.1) is 0 Å². The molecule has 1 heterocycles. The van der Waals surface area contributed by atoms with E-state index >= 15 is 0 Å². The van der Waals surface area contributed by atoms with Gasteiger partial charge in [0.1, 0.15) is 0 Å². The van der Waals surface area contributed by atoms with Crippen LogP contribution < -0.4 is 4.90 Å². The van der Waals surface area contributed by atoms with E-state index in [1.54, 1.807) is 25.1 Å². The lowest BCUT2D eigenvalue weighted by Crippen LogP contribution is -2.12. The van der Waals surface area contributed by atoms with Gasteiger partial charge in [-0.25, -0.2) is 4.98 Å². The van der Waals surface area contributed by atoms with Gasteiger partial charge in [-0.05, 0) is 18.1 Å². The number of nitrogens with zero attached hydrogens (tertiary/aromatic N) is 2. The van der Waals surface area contributed by atoms with Crippen LogP contribution in [0.1, 0.15) is 25.5 Å². The summed E-state index contributed by atoms with van der Waals surface area (Å²) in [7, 11) is 3.60. The topological polar surface area (TPSA) is 16.1 Å². The third-order valence-electron chi connectivity index (χ3n) is 1.92. The number of pyridine rings is 1. The second-order valence-corrected chi connectivity index (χ2v) is 3.60. The molecule has 0 atom stereocenters. The molecule has 0 bridgehead atoms. The van der Waals surface area contributed by atoms with Crippen molar-refractivity contribution < 1.29 is 4.39 Å². The zero-order valence-corrected chi connectivity index (χ0v) is 8.50. The van der Waals surface area contributed by atoms with Gasteiger partial charge < -0.3 is 4.90 Å². The predicted octanol–water partition coefficient (Wildman–Crippen LogP) is 2.41. The molecular weight excluding hydrogens is 167 g/mol. The molecule has 1 rings (SSSR count). The van der Waals surface area contributed by atoms with Crippen LogP contribution in [-0.4, -0.2) is 19.1 Å². The minimum Gasteiger partial charge on any atom is -0.374 e. The summed E-state index contributed by atoms with van der Waals surface area (Å²) >= 11 is 0. The number of hydrogen-bond acceptors (Lipinski definition) is 2. The van der Waals surface area contributed by atoms with Gasteiger partial charge in [0.05, 0.1) is 5.69 Å². The van der Waals surface area contributed by atoms with Crippen LogP contribution in [0.2, 0.25) is 0 Å². The molecule has 0 fully saturated rings. The monoisotopic (exact) mass is 182 g/mol. The summed E-state index contributed by atoms with van der Waals surface area (Å²) in [6.07, 6.45) is 0. The summed E-state index contributed by atoms with van der Waals surface area (Å²) in [5.74, 6) is -0.123. The highest BCUT2D eigenvalue weighted by molar-refractivity contribution is 5.44. The quantitative estimate of drug-likeness (QED) is 0.653. The normalized spacial score (nSPS) is 10.6. The molecule has 0 N–H and O–H groups in total. The fourth-order valence-corrected chi connectivity index (χ4v) is 1.10. The smallest absolute Gasteiger partial charge is 0.236 e. The highest BCUT2D eigenvalue weighted by atomic mass is 19.1. The van der Waals surface area contributed by atoms with Crippen molar-refractivity contribution in [2.24, 2.45) is 0 Å². The van der Waals surface area contributed by atoms with Crippen molar-refractivity contribution in [2.45, 2.75) is 19.8 Å². The van der Waals surface area contributed by atoms with Crippen LogP contribution >= 0.6 is 0 Å². The predicted molar refractivity (Wildman–Crippen MR) is 52.6 cm³/mol. The lowest BCUT2D eigenvalue weighted by Gasteiger charge is -2.14. The maximum Gasteiger partial charge on any atom is 0.236 e. The number of rotatable bonds is 2. The van der Waals surface area contributed by atoms with Crippen LogP contribution in [0.4, 0.5) is 10.1 Å². The Morgan fingerprint density at radius 2 is 1.92 bits per heavy atom. The van der Waals surface area contributed by atoms with E-state index in [-0.39, 0.29) is 5.92 Å². The molecule has 0 radical (unpaired) electrons. The van der Waals surface area contributed by atoms with E-state index in [0.29, 0.717) is 5.69 Å². The molecule has 0 aromatic carbocycles. The molecule has 13 heavy (non-hydrogen) atoms. The second-order valence-electron chi connectivity index (χ2n) is 3.60. The highest BCUT2D eigenvalue weighted by Crippen LogP contribution is 2.18. The van der Waals surface area contributed by atoms with Gasteiger partial charge >= 0.3 is 0 Å². The fourth-order valence-electron chi connectivity index (χ4n) is 1.10. The lowest BCUT2D eigenvalue weighted by atomic mass is 10.1. The summed E-state index contributed by atoms with van der Waals surface area (Å²) in [5, 5.41) is 0. The maximum atomic E-state index is 13.3. The second kappa shape index (κ2) is 3.73. The molecule has 0 spiro atoms. The summed E-state index contributed by atoms with van der Waals surface area (Å²) in [6.45, 7) is 3.99. The van der Waals surface area contributed by atoms with Crippen LogP contribution in [-0.2, 0) is 0 Å². The Morgan fingerprint density at radius 3 is 2.31 bits per heavy atom. The van der Waals surface area contributed by atoms with Crippen molar-refractivity contribution in [3.05, 3.63) is 23.8 Å². The average molecular weight is 182 g/mol. The van der Waals surface area contributed by atoms with Crippen molar-refractivity contribution in [1.82, 2.24) is 4.98 Å². The molecule has 1 aromatic heterocycles. The number of hydrogen-bond donors (Lipinski definition) is 0. The SMILES string of the molecule is CC(C)c1ccc(N(C)C)c(F)n1. The summed E-state index contributed by atoms with van der Waals surface area (Å²) in [5.41, 5.74) is 1.33. The van der Waals surface area contributed by atoms with Crippen molar-refractivity contribution in [3.63, 3.8) is 0 Å². The molecular formula is C10H15FN2. The molecule has 0 aliphatic heterocycles. The molecule has 0 saturated carbocycles. The van der Waals surface area contributed by atoms with Crippen LogP contribution in [0.5, 0.6) is 0 Å². The van der Waals surface area contributed by atoms with Crippen molar-refractivity contribution in [1.29, 1.82) is 0 Å². The number of anilines is 1. The zero-order chi connectivity index (χ0) is 10.0. The first kappa shape index (κ1) is 9.96. The zero-order valence-electron chi connectivity index (χ0n) is 8.50. The largest absolute Gasteiger partial charge is 0.374 e. The Morgan fingerprint density at radius 1 is 1.31 bits per heavy atom. The third kappa shape index (κ3) is 2.17. The number of halogens is 1. The molecule has 3 heteroatoms. The molecule has 72 valence electrons. The number of aromatic nitrogens is 1. The van der Waals surface area contributed by atoms with Gasteiger partial charge in [0.15, 0.2) is 0 Å². The van der Waals surface area contributed by atoms with E-state index in [0.717, 1.165) is 5.69 Å². The Hall–Kier alpha value is -1.12. The summed E-state index contributed by atoms with van der Waals surface area (Å²) in [6, 6.07) is 3.63. The molecule has 0 unspecified atom stereocenters. The van der Waals surface area contributed by atoms with Crippen molar-refractivity contribution >= 4 is 5.69 Å². The van der Waals surface area contributed by atoms with E-state index in [9.17, 15) is 4.39 Å². The van der Waals surface area contributed by atoms with Gasteiger partial charge in [0.2, 0.25) is 5.95 Å². The van der Waals surface area contributed by atoms with E-state index in [1.165, 1.54) is 0 Å². The van der Waals surface area contributed by atoms with Gasteiger partial charge in [0.25, 0.3) is 0 Å². The first-order valence-corrected chi connectivity index (χ1v) is 4.36.